The first-order valence-electron chi connectivity index (χ1n) is 8.65. The van der Waals surface area contributed by atoms with Crippen LogP contribution in [0.25, 0.3) is 0 Å². The van der Waals surface area contributed by atoms with E-state index in [0.29, 0.717) is 50.5 Å². The zero-order valence-corrected chi connectivity index (χ0v) is 15.4. The second kappa shape index (κ2) is 6.81. The van der Waals surface area contributed by atoms with Gasteiger partial charge in [0.1, 0.15) is 22.1 Å². The molecule has 2 aliphatic heterocycles. The fraction of sp³-hybridized carbons (Fsp3) is 0.368. The maximum Gasteiger partial charge on any atom is 0.244 e. The number of methoxy groups -OCH3 is 1. The van der Waals surface area contributed by atoms with Crippen LogP contribution >= 0.6 is 0 Å². The largest absolute Gasteiger partial charge is 0.497 e. The lowest BCUT2D eigenvalue weighted by Gasteiger charge is -2.14. The summed E-state index contributed by atoms with van der Waals surface area (Å²) in [6.45, 7) is 1.31. The van der Waals surface area contributed by atoms with Gasteiger partial charge in [0, 0.05) is 30.5 Å². The van der Waals surface area contributed by atoms with Crippen LogP contribution in [0.15, 0.2) is 35.2 Å². The van der Waals surface area contributed by atoms with E-state index in [-0.39, 0.29) is 4.90 Å². The predicted octanol–water partition coefficient (Wildman–Crippen LogP) is 2.09. The van der Waals surface area contributed by atoms with Crippen LogP contribution in [0.4, 0.5) is 0 Å². The van der Waals surface area contributed by atoms with Crippen LogP contribution < -0.4 is 18.9 Å². The van der Waals surface area contributed by atoms with Crippen molar-refractivity contribution in [1.82, 2.24) is 4.72 Å². The SMILES string of the molecule is COc1cccc(CCNS(=O)(=O)c2c3c(cc4c2OCC4)OCC3)c1. The highest BCUT2D eigenvalue weighted by molar-refractivity contribution is 7.89. The Kier molecular flexibility index (Phi) is 4.50. The molecule has 0 saturated carbocycles. The van der Waals surface area contributed by atoms with Gasteiger partial charge in [0.15, 0.2) is 0 Å². The summed E-state index contributed by atoms with van der Waals surface area (Å²) in [5, 5.41) is 0. The Balaban J connectivity index is 1.56. The van der Waals surface area contributed by atoms with Crippen LogP contribution in [0.3, 0.4) is 0 Å². The van der Waals surface area contributed by atoms with E-state index in [1.165, 1.54) is 0 Å². The molecule has 0 aliphatic carbocycles. The van der Waals surface area contributed by atoms with Crippen molar-refractivity contribution in [2.45, 2.75) is 24.2 Å². The summed E-state index contributed by atoms with van der Waals surface area (Å²) in [7, 11) is -2.07. The van der Waals surface area contributed by atoms with Gasteiger partial charge >= 0.3 is 0 Å². The number of rotatable bonds is 6. The monoisotopic (exact) mass is 375 g/mol. The van der Waals surface area contributed by atoms with Crippen molar-refractivity contribution in [3.05, 3.63) is 47.0 Å². The van der Waals surface area contributed by atoms with E-state index in [1.54, 1.807) is 7.11 Å². The Morgan fingerprint density at radius 2 is 2.00 bits per heavy atom. The molecule has 2 heterocycles. The molecule has 0 radical (unpaired) electrons. The number of nitrogens with one attached hydrogen (secondary N) is 1. The lowest BCUT2D eigenvalue weighted by molar-refractivity contribution is 0.348. The predicted molar refractivity (Wildman–Crippen MR) is 96.7 cm³/mol. The first-order chi connectivity index (χ1) is 12.6. The van der Waals surface area contributed by atoms with Crippen molar-refractivity contribution in [3.8, 4) is 17.2 Å². The van der Waals surface area contributed by atoms with Crippen LogP contribution in [-0.2, 0) is 29.3 Å². The van der Waals surface area contributed by atoms with Crippen LogP contribution in [0.1, 0.15) is 16.7 Å². The van der Waals surface area contributed by atoms with Gasteiger partial charge in [-0.3, -0.25) is 0 Å². The van der Waals surface area contributed by atoms with Gasteiger partial charge in [-0.1, -0.05) is 12.1 Å². The maximum atomic E-state index is 13.0. The molecule has 0 atom stereocenters. The second-order valence-corrected chi connectivity index (χ2v) is 8.07. The van der Waals surface area contributed by atoms with Crippen LogP contribution in [0, 0.1) is 0 Å². The van der Waals surface area contributed by atoms with Crippen LogP contribution in [-0.4, -0.2) is 35.3 Å². The van der Waals surface area contributed by atoms with E-state index in [9.17, 15) is 8.42 Å². The standard InChI is InChI=1S/C19H21NO5S/c1-23-15-4-2-3-13(11-15)5-8-20-26(21,22)19-16-7-10-24-17(16)12-14-6-9-25-18(14)19/h2-4,11-12,20H,5-10H2,1H3. The summed E-state index contributed by atoms with van der Waals surface area (Å²) in [6.07, 6.45) is 1.86. The lowest BCUT2D eigenvalue weighted by Crippen LogP contribution is -2.27. The van der Waals surface area contributed by atoms with Gasteiger partial charge in [-0.15, -0.1) is 0 Å². The Bertz CT molecular complexity index is 907. The molecule has 6 nitrogen and oxygen atoms in total. The Hall–Kier alpha value is -2.25. The highest BCUT2D eigenvalue weighted by atomic mass is 32.2. The first-order valence-corrected chi connectivity index (χ1v) is 10.1. The zero-order valence-electron chi connectivity index (χ0n) is 14.6. The Morgan fingerprint density at radius 3 is 2.85 bits per heavy atom. The van der Waals surface area contributed by atoms with Gasteiger partial charge in [0.05, 0.1) is 20.3 Å². The minimum Gasteiger partial charge on any atom is -0.497 e. The smallest absolute Gasteiger partial charge is 0.244 e. The average Bonchev–Trinajstić information content (AvgIpc) is 3.27. The second-order valence-electron chi connectivity index (χ2n) is 6.37. The van der Waals surface area contributed by atoms with E-state index in [1.807, 2.05) is 30.3 Å². The van der Waals surface area contributed by atoms with Crippen molar-refractivity contribution < 1.29 is 22.6 Å². The summed E-state index contributed by atoms with van der Waals surface area (Å²) >= 11 is 0. The highest BCUT2D eigenvalue weighted by Gasteiger charge is 2.33. The minimum absolute atomic E-state index is 0.255. The topological polar surface area (TPSA) is 73.9 Å². The van der Waals surface area contributed by atoms with Crippen molar-refractivity contribution in [2.24, 2.45) is 0 Å². The lowest BCUT2D eigenvalue weighted by atomic mass is 10.1. The maximum absolute atomic E-state index is 13.0. The molecule has 138 valence electrons. The summed E-state index contributed by atoms with van der Waals surface area (Å²) in [6, 6.07) is 9.53. The normalized spacial score (nSPS) is 15.1. The van der Waals surface area contributed by atoms with Gasteiger partial charge in [-0.25, -0.2) is 13.1 Å². The van der Waals surface area contributed by atoms with E-state index < -0.39 is 10.0 Å². The summed E-state index contributed by atoms with van der Waals surface area (Å²) in [5.41, 5.74) is 2.63. The van der Waals surface area contributed by atoms with Crippen LogP contribution in [0.5, 0.6) is 17.2 Å². The Labute approximate surface area is 153 Å². The molecule has 2 aromatic rings. The molecule has 0 unspecified atom stereocenters. The molecular weight excluding hydrogens is 354 g/mol. The molecule has 4 rings (SSSR count). The number of fused-ring (bicyclic) bond motifs is 2. The molecule has 0 fully saturated rings. The summed E-state index contributed by atoms with van der Waals surface area (Å²) in [5.74, 6) is 1.92. The highest BCUT2D eigenvalue weighted by Crippen LogP contribution is 2.42. The van der Waals surface area contributed by atoms with Gasteiger partial charge in [0.2, 0.25) is 10.0 Å². The third kappa shape index (κ3) is 3.12. The molecule has 0 bridgehead atoms. The van der Waals surface area contributed by atoms with Gasteiger partial charge in [0.25, 0.3) is 0 Å². The van der Waals surface area contributed by atoms with E-state index in [4.69, 9.17) is 14.2 Å². The zero-order chi connectivity index (χ0) is 18.1. The number of hydrogen-bond donors (Lipinski definition) is 1. The third-order valence-electron chi connectivity index (χ3n) is 4.71. The molecule has 0 aromatic heterocycles. The molecule has 2 aliphatic rings. The Morgan fingerprint density at radius 1 is 1.15 bits per heavy atom. The summed E-state index contributed by atoms with van der Waals surface area (Å²) < 4.78 is 45.1. The molecular formula is C19H21NO5S. The molecule has 26 heavy (non-hydrogen) atoms. The molecule has 1 N–H and O–H groups in total. The number of sulfonamides is 1. The fourth-order valence-corrected chi connectivity index (χ4v) is 4.93. The van der Waals surface area contributed by atoms with Crippen molar-refractivity contribution >= 4 is 10.0 Å². The minimum atomic E-state index is -3.68. The van der Waals surface area contributed by atoms with Crippen LogP contribution in [0.2, 0.25) is 0 Å². The number of benzene rings is 2. The molecule has 0 amide bonds. The van der Waals surface area contributed by atoms with Crippen molar-refractivity contribution in [1.29, 1.82) is 0 Å². The molecule has 7 heteroatoms. The third-order valence-corrected chi connectivity index (χ3v) is 6.26. The fourth-order valence-electron chi connectivity index (χ4n) is 3.46. The van der Waals surface area contributed by atoms with Gasteiger partial charge in [-0.2, -0.15) is 0 Å². The van der Waals surface area contributed by atoms with Gasteiger partial charge in [-0.05, 0) is 30.2 Å². The van der Waals surface area contributed by atoms with Crippen molar-refractivity contribution in [2.75, 3.05) is 26.9 Å². The van der Waals surface area contributed by atoms with Crippen molar-refractivity contribution in [3.63, 3.8) is 0 Å². The summed E-state index contributed by atoms with van der Waals surface area (Å²) in [4.78, 5) is 0.255. The molecule has 2 aromatic carbocycles. The molecule has 0 spiro atoms. The number of hydrogen-bond acceptors (Lipinski definition) is 5. The molecule has 0 saturated heterocycles. The number of ether oxygens (including phenoxy) is 3. The average molecular weight is 375 g/mol. The quantitative estimate of drug-likeness (QED) is 0.837. The first kappa shape index (κ1) is 17.2. The van der Waals surface area contributed by atoms with E-state index in [0.717, 1.165) is 22.4 Å². The van der Waals surface area contributed by atoms with E-state index >= 15 is 0 Å². The van der Waals surface area contributed by atoms with Gasteiger partial charge < -0.3 is 14.2 Å². The van der Waals surface area contributed by atoms with E-state index in [2.05, 4.69) is 4.72 Å².